The number of methoxy groups -OCH3 is 1. The minimum absolute atomic E-state index is 0.0224. The van der Waals surface area contributed by atoms with Gasteiger partial charge in [-0.3, -0.25) is 24.0 Å². The van der Waals surface area contributed by atoms with E-state index in [4.69, 9.17) is 28.4 Å². The molecule has 4 rings (SSSR count). The van der Waals surface area contributed by atoms with Gasteiger partial charge in [0.1, 0.15) is 23.4 Å². The second kappa shape index (κ2) is 24.2. The highest BCUT2D eigenvalue weighted by atomic mass is 16.6. The molecule has 8 atom stereocenters. The van der Waals surface area contributed by atoms with Crippen LogP contribution in [0.1, 0.15) is 85.1 Å². The summed E-state index contributed by atoms with van der Waals surface area (Å²) in [5.41, 5.74) is 1.41. The van der Waals surface area contributed by atoms with Crippen LogP contribution in [0.3, 0.4) is 0 Å². The zero-order valence-corrected chi connectivity index (χ0v) is 36.8. The number of epoxide rings is 2. The number of hydrogen-bond donors (Lipinski definition) is 4. The van der Waals surface area contributed by atoms with Gasteiger partial charge in [0.25, 0.3) is 0 Å². The molecule has 1 aromatic rings. The van der Waals surface area contributed by atoms with Crippen LogP contribution in [0.2, 0.25) is 0 Å². The average Bonchev–Trinajstić information content (AvgIpc) is 4.13. The molecule has 0 aromatic heterocycles. The third-order valence-corrected chi connectivity index (χ3v) is 11.4. The largest absolute Gasteiger partial charge is 0.460 e. The minimum atomic E-state index is -1.01. The first-order valence-corrected chi connectivity index (χ1v) is 21.6. The van der Waals surface area contributed by atoms with Crippen molar-refractivity contribution in [2.75, 3.05) is 66.8 Å². The quantitative estimate of drug-likeness (QED) is 0.0303. The molecule has 2 aliphatic heterocycles. The van der Waals surface area contributed by atoms with Gasteiger partial charge in [0.15, 0.2) is 0 Å². The molecule has 2 heterocycles. The Morgan fingerprint density at radius 3 is 2.33 bits per heavy atom. The van der Waals surface area contributed by atoms with Crippen LogP contribution in [-0.2, 0) is 58.8 Å². The number of allylic oxidation sites excluding steroid dienone is 1. The van der Waals surface area contributed by atoms with E-state index in [0.29, 0.717) is 58.8 Å². The molecule has 0 bridgehead atoms. The molecule has 4 N–H and O–H groups in total. The Morgan fingerprint density at radius 1 is 0.967 bits per heavy atom. The predicted octanol–water partition coefficient (Wildman–Crippen LogP) is 3.02. The van der Waals surface area contributed by atoms with E-state index in [1.165, 1.54) is 5.57 Å². The highest BCUT2D eigenvalue weighted by molar-refractivity contribution is 6.40. The van der Waals surface area contributed by atoms with Crippen LogP contribution in [0.5, 0.6) is 0 Å². The zero-order valence-electron chi connectivity index (χ0n) is 36.8. The summed E-state index contributed by atoms with van der Waals surface area (Å²) in [5, 5.41) is 11.5. The van der Waals surface area contributed by atoms with Gasteiger partial charge in [-0.2, -0.15) is 0 Å². The number of carbonyl (C=O) groups is 5. The lowest BCUT2D eigenvalue weighted by atomic mass is 9.68. The van der Waals surface area contributed by atoms with Crippen LogP contribution < -0.4 is 21.3 Å². The normalized spacial score (nSPS) is 25.3. The van der Waals surface area contributed by atoms with Gasteiger partial charge in [0.2, 0.25) is 23.4 Å². The molecule has 2 saturated heterocycles. The number of amides is 2. The molecule has 3 unspecified atom stereocenters. The maximum atomic E-state index is 13.4. The predicted molar refractivity (Wildman–Crippen MR) is 225 cm³/mol. The Kier molecular flexibility index (Phi) is 19.8. The van der Waals surface area contributed by atoms with Crippen LogP contribution in [0, 0.1) is 11.8 Å². The van der Waals surface area contributed by atoms with E-state index >= 15 is 0 Å². The van der Waals surface area contributed by atoms with Gasteiger partial charge in [0.05, 0.1) is 57.1 Å². The summed E-state index contributed by atoms with van der Waals surface area (Å²) >= 11 is 0. The van der Waals surface area contributed by atoms with Crippen LogP contribution in [0.15, 0.2) is 42.0 Å². The van der Waals surface area contributed by atoms with Gasteiger partial charge in [0, 0.05) is 46.1 Å². The third-order valence-electron chi connectivity index (χ3n) is 11.4. The highest BCUT2D eigenvalue weighted by Gasteiger charge is 2.72. The number of ether oxygens (including phenoxy) is 6. The summed E-state index contributed by atoms with van der Waals surface area (Å²) in [7, 11) is 3.25. The summed E-state index contributed by atoms with van der Waals surface area (Å²) in [4.78, 5) is 64.2. The molecule has 1 aliphatic carbocycles. The number of rotatable bonds is 29. The van der Waals surface area contributed by atoms with Crippen LogP contribution in [0.25, 0.3) is 0 Å². The molecule has 15 nitrogen and oxygen atoms in total. The van der Waals surface area contributed by atoms with Gasteiger partial charge in [-0.25, -0.2) is 0 Å². The van der Waals surface area contributed by atoms with Gasteiger partial charge < -0.3 is 49.7 Å². The second-order valence-electron chi connectivity index (χ2n) is 17.0. The molecule has 1 saturated carbocycles. The molecular formula is C45H70N4O11. The van der Waals surface area contributed by atoms with Crippen molar-refractivity contribution in [1.82, 2.24) is 21.3 Å². The number of esters is 1. The fraction of sp³-hybridized carbons (Fsp3) is 0.711. The Labute approximate surface area is 356 Å². The summed E-state index contributed by atoms with van der Waals surface area (Å²) in [6.07, 6.45) is 5.46. The first kappa shape index (κ1) is 49.1. The molecule has 0 radical (unpaired) electrons. The monoisotopic (exact) mass is 843 g/mol. The minimum Gasteiger partial charge on any atom is -0.460 e. The smallest absolute Gasteiger partial charge is 0.306 e. The summed E-state index contributed by atoms with van der Waals surface area (Å²) in [6, 6.07) is 7.54. The lowest BCUT2D eigenvalue weighted by Crippen LogP contribution is -2.55. The molecule has 2 amide bonds. The fourth-order valence-electron chi connectivity index (χ4n) is 8.18. The molecule has 336 valence electrons. The lowest BCUT2D eigenvalue weighted by molar-refractivity contribution is -0.172. The van der Waals surface area contributed by atoms with Gasteiger partial charge in [-0.05, 0) is 71.4 Å². The van der Waals surface area contributed by atoms with Gasteiger partial charge in [-0.1, -0.05) is 55.8 Å². The van der Waals surface area contributed by atoms with Crippen molar-refractivity contribution >= 4 is 29.4 Å². The van der Waals surface area contributed by atoms with Crippen molar-refractivity contribution in [1.29, 1.82) is 0 Å². The van der Waals surface area contributed by atoms with Crippen LogP contribution in [0.4, 0.5) is 0 Å². The number of ketones is 2. The number of likely N-dealkylation sites (N-methyl/N-ethyl adjacent to an activating group) is 1. The Morgan fingerprint density at radius 2 is 1.68 bits per heavy atom. The van der Waals surface area contributed by atoms with Gasteiger partial charge >= 0.3 is 5.97 Å². The molecular weight excluding hydrogens is 773 g/mol. The first-order chi connectivity index (χ1) is 28.7. The third kappa shape index (κ3) is 15.1. The molecule has 1 spiro atoms. The lowest BCUT2D eigenvalue weighted by Gasteiger charge is -2.42. The molecule has 3 fully saturated rings. The first-order valence-electron chi connectivity index (χ1n) is 21.6. The number of nitrogens with one attached hydrogen (secondary N) is 4. The highest BCUT2D eigenvalue weighted by Crippen LogP contribution is 2.59. The maximum Gasteiger partial charge on any atom is 0.306 e. The van der Waals surface area contributed by atoms with E-state index in [1.807, 2.05) is 44.2 Å². The van der Waals surface area contributed by atoms with Crippen molar-refractivity contribution < 1.29 is 52.4 Å². The van der Waals surface area contributed by atoms with Crippen molar-refractivity contribution in [3.63, 3.8) is 0 Å². The average molecular weight is 843 g/mol. The number of benzene rings is 1. The Balaban J connectivity index is 1.07. The molecule has 60 heavy (non-hydrogen) atoms. The standard InChI is InChI=1S/C45H70N4O11/c1-30(2)15-16-37-44(5,60-37)42-41(55-7)36(17-19-45(42)29-58-45)59-39(52)14-11-22-56-24-25-57-23-21-48-38(51)18-20-47-34(26-31(3)4)43(54)49-33(40(53)35(50)28-46-6)27-32-12-9-8-10-13-32/h8-10,12-13,15,31,33-34,36-37,41-42,46-47H,11,14,16-29H2,1-7H3,(H,48,51)(H,49,54)/t33-,34-,36?,37+,41?,42?,44+,45-/m0/s1. The summed E-state index contributed by atoms with van der Waals surface area (Å²) in [5.74, 6) is -2.01. The molecule has 15 heteroatoms. The van der Waals surface area contributed by atoms with Gasteiger partial charge in [-0.15, -0.1) is 0 Å². The second-order valence-corrected chi connectivity index (χ2v) is 17.0. The van der Waals surface area contributed by atoms with E-state index in [1.54, 1.807) is 14.2 Å². The van der Waals surface area contributed by atoms with Crippen molar-refractivity contribution in [2.24, 2.45) is 11.8 Å². The van der Waals surface area contributed by atoms with E-state index < -0.39 is 29.6 Å². The number of Topliss-reactive ketones (excluding diaryl/α,β-unsaturated/α-hetero) is 2. The van der Waals surface area contributed by atoms with Crippen LogP contribution >= 0.6 is 0 Å². The Bertz CT molecular complexity index is 1580. The van der Waals surface area contributed by atoms with Crippen LogP contribution in [-0.4, -0.2) is 138 Å². The fourth-order valence-corrected chi connectivity index (χ4v) is 8.18. The molecule has 3 aliphatic rings. The van der Waals surface area contributed by atoms with E-state index in [9.17, 15) is 24.0 Å². The van der Waals surface area contributed by atoms with E-state index in [0.717, 1.165) is 18.4 Å². The van der Waals surface area contributed by atoms with E-state index in [-0.39, 0.29) is 85.6 Å². The molecule has 1 aromatic carbocycles. The SMILES string of the molecule is CNCC(=O)C(=O)[C@H](Cc1ccccc1)NC(=O)[C@H](CC(C)C)NCCC(=O)NCCOCCOCCCC(=O)OC1CC[C@]2(CO2)C([C@]2(C)O[C@@H]2CC=C(C)C)C1OC. The zero-order chi connectivity index (χ0) is 43.7. The summed E-state index contributed by atoms with van der Waals surface area (Å²) < 4.78 is 35.4. The number of hydrogen-bond acceptors (Lipinski definition) is 13. The number of carbonyl (C=O) groups excluding carboxylic acids is 5. The summed E-state index contributed by atoms with van der Waals surface area (Å²) in [6.45, 7) is 12.7. The maximum absolute atomic E-state index is 13.4. The van der Waals surface area contributed by atoms with Crippen molar-refractivity contribution in [3.8, 4) is 0 Å². The topological polar surface area (TPSA) is 195 Å². The van der Waals surface area contributed by atoms with E-state index in [2.05, 4.69) is 48.1 Å². The Hall–Kier alpha value is -3.57. The van der Waals surface area contributed by atoms with Crippen molar-refractivity contribution in [2.45, 2.75) is 128 Å². The van der Waals surface area contributed by atoms with Crippen molar-refractivity contribution in [3.05, 3.63) is 47.5 Å².